The van der Waals surface area contributed by atoms with Crippen LogP contribution < -0.4 is 14.8 Å². The lowest BCUT2D eigenvalue weighted by atomic mass is 10.1. The predicted molar refractivity (Wildman–Crippen MR) is 91.8 cm³/mol. The van der Waals surface area contributed by atoms with Gasteiger partial charge in [-0.15, -0.1) is 11.8 Å². The molecule has 0 saturated carbocycles. The topological polar surface area (TPSA) is 47.6 Å². The van der Waals surface area contributed by atoms with E-state index >= 15 is 0 Å². The third-order valence-electron chi connectivity index (χ3n) is 3.48. The van der Waals surface area contributed by atoms with E-state index in [1.807, 2.05) is 30.5 Å². The van der Waals surface area contributed by atoms with Crippen LogP contribution in [-0.2, 0) is 6.54 Å². The number of nitrogens with one attached hydrogen (secondary N) is 1. The Kier molecular flexibility index (Phi) is 4.98. The van der Waals surface area contributed by atoms with Crippen molar-refractivity contribution in [1.82, 2.24) is 5.32 Å². The highest BCUT2D eigenvalue weighted by Crippen LogP contribution is 2.30. The smallest absolute Gasteiger partial charge is 0.253 e. The molecule has 0 fully saturated rings. The van der Waals surface area contributed by atoms with E-state index in [-0.39, 0.29) is 5.91 Å². The highest BCUT2D eigenvalue weighted by Gasteiger charge is 2.14. The Balaban J connectivity index is 1.69. The van der Waals surface area contributed by atoms with E-state index in [0.29, 0.717) is 36.1 Å². The molecule has 1 heterocycles. The molecular formula is C17H16ClNO3S. The molecule has 1 amide bonds. The third-order valence-corrected chi connectivity index (χ3v) is 4.53. The molecule has 0 spiro atoms. The van der Waals surface area contributed by atoms with Gasteiger partial charge in [0.05, 0.1) is 10.6 Å². The lowest BCUT2D eigenvalue weighted by molar-refractivity contribution is 0.0950. The molecule has 0 radical (unpaired) electrons. The molecule has 1 aliphatic heterocycles. The van der Waals surface area contributed by atoms with Gasteiger partial charge in [0.15, 0.2) is 11.5 Å². The van der Waals surface area contributed by atoms with Crippen molar-refractivity contribution in [3.63, 3.8) is 0 Å². The third kappa shape index (κ3) is 3.74. The molecule has 0 unspecified atom stereocenters. The molecule has 2 aromatic carbocycles. The average Bonchev–Trinajstić information content (AvgIpc) is 2.60. The highest BCUT2D eigenvalue weighted by atomic mass is 35.5. The molecule has 6 heteroatoms. The van der Waals surface area contributed by atoms with Gasteiger partial charge in [0.25, 0.3) is 5.91 Å². The zero-order chi connectivity index (χ0) is 16.2. The first-order valence-electron chi connectivity index (χ1n) is 7.17. The second-order valence-electron chi connectivity index (χ2n) is 5.01. The summed E-state index contributed by atoms with van der Waals surface area (Å²) in [5, 5.41) is 3.33. The summed E-state index contributed by atoms with van der Waals surface area (Å²) in [6.45, 7) is 1.50. The summed E-state index contributed by atoms with van der Waals surface area (Å²) >= 11 is 7.69. The first-order valence-corrected chi connectivity index (χ1v) is 8.78. The van der Waals surface area contributed by atoms with E-state index in [1.54, 1.807) is 23.9 Å². The maximum atomic E-state index is 12.3. The highest BCUT2D eigenvalue weighted by molar-refractivity contribution is 7.98. The Morgan fingerprint density at radius 2 is 1.96 bits per heavy atom. The van der Waals surface area contributed by atoms with Gasteiger partial charge < -0.3 is 14.8 Å². The summed E-state index contributed by atoms with van der Waals surface area (Å²) in [5.41, 5.74) is 1.43. The molecule has 23 heavy (non-hydrogen) atoms. The van der Waals surface area contributed by atoms with Gasteiger partial charge in [-0.1, -0.05) is 17.7 Å². The van der Waals surface area contributed by atoms with Crippen LogP contribution in [0.15, 0.2) is 41.3 Å². The van der Waals surface area contributed by atoms with E-state index in [9.17, 15) is 4.79 Å². The minimum absolute atomic E-state index is 0.194. The standard InChI is InChI=1S/C17H16ClNO3S/c1-23-12-3-4-14(18)13(9-12)17(20)19-10-11-2-5-15-16(8-11)22-7-6-21-15/h2-5,8-9H,6-7,10H2,1H3,(H,19,20). The minimum Gasteiger partial charge on any atom is -0.486 e. The number of carbonyl (C=O) groups excluding carboxylic acids is 1. The van der Waals surface area contributed by atoms with E-state index in [2.05, 4.69) is 5.32 Å². The number of hydrogen-bond acceptors (Lipinski definition) is 4. The van der Waals surface area contributed by atoms with Crippen molar-refractivity contribution in [2.45, 2.75) is 11.4 Å². The summed E-state index contributed by atoms with van der Waals surface area (Å²) in [6, 6.07) is 11.1. The van der Waals surface area contributed by atoms with Crippen LogP contribution in [0.2, 0.25) is 5.02 Å². The molecule has 1 aliphatic rings. The fourth-order valence-corrected chi connectivity index (χ4v) is 2.92. The van der Waals surface area contributed by atoms with Crippen LogP contribution in [0, 0.1) is 0 Å². The number of rotatable bonds is 4. The van der Waals surface area contributed by atoms with Gasteiger partial charge in [-0.2, -0.15) is 0 Å². The van der Waals surface area contributed by atoms with Crippen molar-refractivity contribution in [2.75, 3.05) is 19.5 Å². The number of thioether (sulfide) groups is 1. The van der Waals surface area contributed by atoms with Gasteiger partial charge >= 0.3 is 0 Å². The lowest BCUT2D eigenvalue weighted by Gasteiger charge is -2.19. The summed E-state index contributed by atoms with van der Waals surface area (Å²) in [6.07, 6.45) is 1.96. The molecule has 0 aromatic heterocycles. The normalized spacial score (nSPS) is 12.8. The van der Waals surface area contributed by atoms with Gasteiger partial charge in [0.2, 0.25) is 0 Å². The maximum absolute atomic E-state index is 12.3. The monoisotopic (exact) mass is 349 g/mol. The molecule has 0 bridgehead atoms. The minimum atomic E-state index is -0.194. The van der Waals surface area contributed by atoms with E-state index in [1.165, 1.54) is 0 Å². The number of halogens is 1. The fourth-order valence-electron chi connectivity index (χ4n) is 2.28. The van der Waals surface area contributed by atoms with Crippen LogP contribution in [0.5, 0.6) is 11.5 Å². The average molecular weight is 350 g/mol. The van der Waals surface area contributed by atoms with Crippen molar-refractivity contribution < 1.29 is 14.3 Å². The van der Waals surface area contributed by atoms with E-state index in [4.69, 9.17) is 21.1 Å². The van der Waals surface area contributed by atoms with Gasteiger partial charge in [-0.05, 0) is 42.2 Å². The molecule has 1 N–H and O–H groups in total. The number of amides is 1. The second kappa shape index (κ2) is 7.15. The number of hydrogen-bond donors (Lipinski definition) is 1. The second-order valence-corrected chi connectivity index (χ2v) is 6.29. The number of carbonyl (C=O) groups is 1. The lowest BCUT2D eigenvalue weighted by Crippen LogP contribution is -2.23. The Bertz CT molecular complexity index is 736. The van der Waals surface area contributed by atoms with Gasteiger partial charge in [0, 0.05) is 11.4 Å². The Morgan fingerprint density at radius 1 is 1.17 bits per heavy atom. The quantitative estimate of drug-likeness (QED) is 0.854. The van der Waals surface area contributed by atoms with Gasteiger partial charge in [0.1, 0.15) is 13.2 Å². The Morgan fingerprint density at radius 3 is 2.74 bits per heavy atom. The molecular weight excluding hydrogens is 334 g/mol. The number of ether oxygens (including phenoxy) is 2. The predicted octanol–water partition coefficient (Wildman–Crippen LogP) is 3.76. The fraction of sp³-hybridized carbons (Fsp3) is 0.235. The van der Waals surface area contributed by atoms with Crippen LogP contribution in [0.3, 0.4) is 0 Å². The van der Waals surface area contributed by atoms with E-state index < -0.39 is 0 Å². The molecule has 0 atom stereocenters. The van der Waals surface area contributed by atoms with E-state index in [0.717, 1.165) is 16.2 Å². The van der Waals surface area contributed by atoms with Crippen LogP contribution in [0.25, 0.3) is 0 Å². The van der Waals surface area contributed by atoms with Crippen LogP contribution in [0.1, 0.15) is 15.9 Å². The van der Waals surface area contributed by atoms with Crippen molar-refractivity contribution in [1.29, 1.82) is 0 Å². The summed E-state index contributed by atoms with van der Waals surface area (Å²) < 4.78 is 11.0. The Labute approximate surface area is 144 Å². The summed E-state index contributed by atoms with van der Waals surface area (Å²) in [4.78, 5) is 13.3. The van der Waals surface area contributed by atoms with Crippen molar-refractivity contribution in [3.8, 4) is 11.5 Å². The Hall–Kier alpha value is -1.85. The van der Waals surface area contributed by atoms with Crippen LogP contribution >= 0.6 is 23.4 Å². The molecule has 4 nitrogen and oxygen atoms in total. The number of benzene rings is 2. The van der Waals surface area contributed by atoms with Gasteiger partial charge in [-0.25, -0.2) is 0 Å². The summed E-state index contributed by atoms with van der Waals surface area (Å²) in [7, 11) is 0. The molecule has 0 aliphatic carbocycles. The number of fused-ring (bicyclic) bond motifs is 1. The van der Waals surface area contributed by atoms with Crippen molar-refractivity contribution in [3.05, 3.63) is 52.5 Å². The first kappa shape index (κ1) is 16.0. The van der Waals surface area contributed by atoms with Crippen molar-refractivity contribution >= 4 is 29.3 Å². The zero-order valence-corrected chi connectivity index (χ0v) is 14.2. The molecule has 0 saturated heterocycles. The molecule has 120 valence electrons. The molecule has 2 aromatic rings. The van der Waals surface area contributed by atoms with Crippen molar-refractivity contribution in [2.24, 2.45) is 0 Å². The maximum Gasteiger partial charge on any atom is 0.253 e. The largest absolute Gasteiger partial charge is 0.486 e. The summed E-state index contributed by atoms with van der Waals surface area (Å²) in [5.74, 6) is 1.26. The first-order chi connectivity index (χ1) is 11.2. The van der Waals surface area contributed by atoms with Crippen LogP contribution in [0.4, 0.5) is 0 Å². The molecule has 3 rings (SSSR count). The van der Waals surface area contributed by atoms with Gasteiger partial charge in [-0.3, -0.25) is 4.79 Å². The zero-order valence-electron chi connectivity index (χ0n) is 12.6. The SMILES string of the molecule is CSc1ccc(Cl)c(C(=O)NCc2ccc3c(c2)OCCO3)c1. The van der Waals surface area contributed by atoms with Crippen LogP contribution in [-0.4, -0.2) is 25.4 Å².